The van der Waals surface area contributed by atoms with Crippen LogP contribution < -0.4 is 5.01 Å². The van der Waals surface area contributed by atoms with Crippen molar-refractivity contribution in [3.8, 4) is 22.5 Å². The number of benzene rings is 3. The zero-order chi connectivity index (χ0) is 23.9. The molecule has 1 N–H and O–H groups in total. The molecule has 1 aromatic heterocycles. The Morgan fingerprint density at radius 1 is 0.882 bits per heavy atom. The van der Waals surface area contributed by atoms with Crippen LogP contribution in [0.4, 0.5) is 27.6 Å². The van der Waals surface area contributed by atoms with Crippen molar-refractivity contribution in [2.24, 2.45) is 10.3 Å². The van der Waals surface area contributed by atoms with Crippen molar-refractivity contribution < 1.29 is 22.0 Å². The minimum absolute atomic E-state index is 0.202. The summed E-state index contributed by atoms with van der Waals surface area (Å²) in [4.78, 5) is 0. The first-order valence-electron chi connectivity index (χ1n) is 9.98. The van der Waals surface area contributed by atoms with Gasteiger partial charge in [-0.15, -0.1) is 10.2 Å². The molecule has 4 aromatic rings. The number of H-pyrrole nitrogens is 1. The molecule has 5 rings (SSSR count). The highest BCUT2D eigenvalue weighted by Crippen LogP contribution is 2.38. The zero-order valence-corrected chi connectivity index (χ0v) is 17.1. The van der Waals surface area contributed by atoms with Gasteiger partial charge in [0.05, 0.1) is 17.8 Å². The molecule has 7 nitrogen and oxygen atoms in total. The Labute approximate surface area is 188 Å². The van der Waals surface area contributed by atoms with Gasteiger partial charge in [-0.25, -0.2) is 13.8 Å². The van der Waals surface area contributed by atoms with Gasteiger partial charge in [0.15, 0.2) is 0 Å². The molecule has 1 aliphatic rings. The van der Waals surface area contributed by atoms with E-state index in [2.05, 4.69) is 31.0 Å². The van der Waals surface area contributed by atoms with Crippen LogP contribution in [0.25, 0.3) is 22.5 Å². The van der Waals surface area contributed by atoms with Crippen molar-refractivity contribution in [1.82, 2.24) is 20.6 Å². The largest absolute Gasteiger partial charge is 0.416 e. The van der Waals surface area contributed by atoms with Gasteiger partial charge < -0.3 is 0 Å². The van der Waals surface area contributed by atoms with E-state index < -0.39 is 29.4 Å². The van der Waals surface area contributed by atoms with Crippen LogP contribution in [0.3, 0.4) is 0 Å². The number of rotatable bonds is 4. The summed E-state index contributed by atoms with van der Waals surface area (Å²) in [6, 6.07) is 12.5. The highest BCUT2D eigenvalue weighted by Gasteiger charge is 2.30. The maximum atomic E-state index is 13.6. The van der Waals surface area contributed by atoms with Crippen molar-refractivity contribution >= 4 is 5.69 Å². The van der Waals surface area contributed by atoms with Crippen molar-refractivity contribution in [3.63, 3.8) is 0 Å². The molecule has 1 unspecified atom stereocenters. The third-order valence-corrected chi connectivity index (χ3v) is 5.32. The molecule has 12 heteroatoms. The Bertz CT molecular complexity index is 1330. The number of nitrogens with zero attached hydrogens (tertiary/aromatic N) is 6. The molecule has 0 saturated carbocycles. The second kappa shape index (κ2) is 8.28. The molecule has 1 atom stereocenters. The number of aromatic nitrogens is 4. The smallest absolute Gasteiger partial charge is 0.244 e. The van der Waals surface area contributed by atoms with Crippen LogP contribution in [0.15, 0.2) is 71.0 Å². The van der Waals surface area contributed by atoms with Gasteiger partial charge in [-0.05, 0) is 58.3 Å². The summed E-state index contributed by atoms with van der Waals surface area (Å²) in [5.41, 5.74) is 1.81. The first kappa shape index (κ1) is 21.6. The summed E-state index contributed by atoms with van der Waals surface area (Å²) < 4.78 is 66.0. The van der Waals surface area contributed by atoms with Crippen LogP contribution >= 0.6 is 0 Å². The predicted molar refractivity (Wildman–Crippen MR) is 111 cm³/mol. The average Bonchev–Trinajstić information content (AvgIpc) is 3.50. The Morgan fingerprint density at radius 3 is 2.24 bits per heavy atom. The molecule has 0 saturated heterocycles. The molecule has 0 spiro atoms. The topological polar surface area (TPSA) is 82.4 Å². The van der Waals surface area contributed by atoms with Gasteiger partial charge in [-0.2, -0.15) is 23.5 Å². The van der Waals surface area contributed by atoms with Crippen LogP contribution in [0.2, 0.25) is 0 Å². The standard InChI is InChI=1S/C22H14F5N7/c23-16-7-14(8-17(24)10-16)19-11-34(33-28-19)20-6-3-13(9-18(20)21-29-31-32-30-21)12-1-4-15(5-2-12)22(25,26)27/h1-10,19H,11H2,(H,29,30,31,32). The van der Waals surface area contributed by atoms with Gasteiger partial charge in [0.1, 0.15) is 17.7 Å². The Morgan fingerprint density at radius 2 is 1.59 bits per heavy atom. The number of tetrazole rings is 1. The van der Waals surface area contributed by atoms with Crippen LogP contribution in [0.5, 0.6) is 0 Å². The summed E-state index contributed by atoms with van der Waals surface area (Å²) in [7, 11) is 0. The molecule has 0 aliphatic carbocycles. The number of hydrogen-bond donors (Lipinski definition) is 1. The lowest BCUT2D eigenvalue weighted by Crippen LogP contribution is -2.17. The van der Waals surface area contributed by atoms with Crippen molar-refractivity contribution in [2.75, 3.05) is 11.6 Å². The lowest BCUT2D eigenvalue weighted by molar-refractivity contribution is -0.137. The minimum Gasteiger partial charge on any atom is -0.244 e. The van der Waals surface area contributed by atoms with E-state index in [0.717, 1.165) is 18.2 Å². The molecule has 1 aliphatic heterocycles. The molecular weight excluding hydrogens is 457 g/mol. The number of nitrogens with one attached hydrogen (secondary N) is 1. The maximum Gasteiger partial charge on any atom is 0.416 e. The van der Waals surface area contributed by atoms with E-state index in [-0.39, 0.29) is 12.4 Å². The Hall–Kier alpha value is -4.22. The van der Waals surface area contributed by atoms with Crippen molar-refractivity contribution in [3.05, 3.63) is 83.4 Å². The van der Waals surface area contributed by atoms with Gasteiger partial charge in [0.25, 0.3) is 0 Å². The SMILES string of the molecule is Fc1cc(F)cc(C2CN(c3ccc(-c4ccc(C(F)(F)F)cc4)cc3-c3nn[nH]n3)N=N2)c1. The van der Waals surface area contributed by atoms with E-state index >= 15 is 0 Å². The predicted octanol–water partition coefficient (Wildman–Crippen LogP) is 5.76. The summed E-state index contributed by atoms with van der Waals surface area (Å²) in [5.74, 6) is -1.19. The lowest BCUT2D eigenvalue weighted by atomic mass is 9.99. The van der Waals surface area contributed by atoms with Crippen LogP contribution in [0.1, 0.15) is 17.2 Å². The van der Waals surface area contributed by atoms with E-state index in [1.165, 1.54) is 29.3 Å². The van der Waals surface area contributed by atoms with Crippen molar-refractivity contribution in [1.29, 1.82) is 0 Å². The van der Waals surface area contributed by atoms with Gasteiger partial charge >= 0.3 is 6.18 Å². The lowest BCUT2D eigenvalue weighted by Gasteiger charge is -2.18. The first-order valence-corrected chi connectivity index (χ1v) is 9.98. The third kappa shape index (κ3) is 4.21. The molecule has 3 aromatic carbocycles. The molecule has 0 radical (unpaired) electrons. The Balaban J connectivity index is 1.48. The van der Waals surface area contributed by atoms with E-state index in [9.17, 15) is 22.0 Å². The van der Waals surface area contributed by atoms with Gasteiger partial charge in [0.2, 0.25) is 5.82 Å². The monoisotopic (exact) mass is 471 g/mol. The highest BCUT2D eigenvalue weighted by atomic mass is 19.4. The number of halogens is 5. The minimum atomic E-state index is -4.43. The number of hydrogen-bond acceptors (Lipinski definition) is 6. The molecular formula is C22H14F5N7. The normalized spacial score (nSPS) is 15.8. The fraction of sp³-hybridized carbons (Fsp3) is 0.136. The second-order valence-corrected chi connectivity index (χ2v) is 7.55. The molecule has 0 amide bonds. The Kier molecular flexibility index (Phi) is 5.27. The zero-order valence-electron chi connectivity index (χ0n) is 17.1. The van der Waals surface area contributed by atoms with E-state index in [1.807, 2.05) is 0 Å². The highest BCUT2D eigenvalue weighted by molar-refractivity contribution is 5.80. The van der Waals surface area contributed by atoms with E-state index in [4.69, 9.17) is 0 Å². The second-order valence-electron chi connectivity index (χ2n) is 7.55. The van der Waals surface area contributed by atoms with Crippen LogP contribution in [0, 0.1) is 11.6 Å². The van der Waals surface area contributed by atoms with E-state index in [1.54, 1.807) is 18.2 Å². The molecule has 34 heavy (non-hydrogen) atoms. The third-order valence-electron chi connectivity index (χ3n) is 5.32. The fourth-order valence-electron chi connectivity index (χ4n) is 3.70. The van der Waals surface area contributed by atoms with E-state index in [0.29, 0.717) is 27.9 Å². The van der Waals surface area contributed by atoms with Gasteiger partial charge in [0, 0.05) is 11.6 Å². The average molecular weight is 471 g/mol. The number of aromatic amines is 1. The van der Waals surface area contributed by atoms with Crippen LogP contribution in [-0.2, 0) is 6.18 Å². The fourth-order valence-corrected chi connectivity index (χ4v) is 3.70. The summed E-state index contributed by atoms with van der Waals surface area (Å²) >= 11 is 0. The maximum absolute atomic E-state index is 13.6. The van der Waals surface area contributed by atoms with Gasteiger partial charge in [-0.3, -0.25) is 0 Å². The molecule has 2 heterocycles. The summed E-state index contributed by atoms with van der Waals surface area (Å²) in [5, 5.41) is 23.8. The van der Waals surface area contributed by atoms with Crippen LogP contribution in [-0.4, -0.2) is 27.2 Å². The molecule has 0 fully saturated rings. The number of anilines is 1. The quantitative estimate of drug-likeness (QED) is 0.384. The summed E-state index contributed by atoms with van der Waals surface area (Å²) in [6.45, 7) is 0.202. The van der Waals surface area contributed by atoms with Crippen molar-refractivity contribution in [2.45, 2.75) is 12.2 Å². The first-order chi connectivity index (χ1) is 16.3. The number of alkyl halides is 3. The van der Waals surface area contributed by atoms with Gasteiger partial charge in [-0.1, -0.05) is 23.4 Å². The molecule has 0 bridgehead atoms. The summed E-state index contributed by atoms with van der Waals surface area (Å²) in [6.07, 6.45) is -4.43. The molecule has 172 valence electrons.